The summed E-state index contributed by atoms with van der Waals surface area (Å²) in [7, 11) is 0. The third-order valence-corrected chi connectivity index (χ3v) is 4.58. The van der Waals surface area contributed by atoms with Crippen LogP contribution in [0.1, 0.15) is 30.9 Å². The first-order chi connectivity index (χ1) is 15.1. The van der Waals surface area contributed by atoms with Gasteiger partial charge in [0.2, 0.25) is 0 Å². The summed E-state index contributed by atoms with van der Waals surface area (Å²) in [5.41, 5.74) is -1.48. The average molecular weight is 640 g/mol. The molecule has 0 bridgehead atoms. The number of nitrogens with zero attached hydrogens (tertiary/aromatic N) is 7. The molecule has 33 heavy (non-hydrogen) atoms. The van der Waals surface area contributed by atoms with Gasteiger partial charge in [0.1, 0.15) is 11.9 Å². The molecule has 0 atom stereocenters. The summed E-state index contributed by atoms with van der Waals surface area (Å²) < 4.78 is 66.5. The summed E-state index contributed by atoms with van der Waals surface area (Å²) in [5.74, 6) is -2.10. The van der Waals surface area contributed by atoms with E-state index in [9.17, 15) is 22.0 Å². The molecule has 0 radical (unpaired) electrons. The number of rotatable bonds is 4. The van der Waals surface area contributed by atoms with Gasteiger partial charge in [0.15, 0.2) is 0 Å². The first kappa shape index (κ1) is 24.5. The Morgan fingerprint density at radius 1 is 0.848 bits per heavy atom. The zero-order chi connectivity index (χ0) is 23.1. The van der Waals surface area contributed by atoms with Crippen LogP contribution in [0.4, 0.5) is 22.0 Å². The van der Waals surface area contributed by atoms with Crippen LogP contribution in [-0.4, -0.2) is 34.7 Å². The van der Waals surface area contributed by atoms with Crippen molar-refractivity contribution in [1.29, 1.82) is 0 Å². The van der Waals surface area contributed by atoms with Crippen LogP contribution < -0.4 is 0 Å². The average Bonchev–Trinajstić information content (AvgIpc) is 3.25. The van der Waals surface area contributed by atoms with Crippen molar-refractivity contribution in [3.63, 3.8) is 0 Å². The van der Waals surface area contributed by atoms with E-state index < -0.39 is 29.2 Å². The van der Waals surface area contributed by atoms with E-state index in [0.717, 1.165) is 10.7 Å². The van der Waals surface area contributed by atoms with Crippen LogP contribution in [0.2, 0.25) is 0 Å². The van der Waals surface area contributed by atoms with Gasteiger partial charge in [-0.05, 0) is 13.8 Å². The molecule has 0 aliphatic heterocycles. The van der Waals surface area contributed by atoms with Crippen molar-refractivity contribution < 1.29 is 43.0 Å². The van der Waals surface area contributed by atoms with Gasteiger partial charge in [-0.25, -0.2) is 8.78 Å². The second-order valence-electron chi connectivity index (χ2n) is 7.13. The van der Waals surface area contributed by atoms with E-state index in [4.69, 9.17) is 0 Å². The van der Waals surface area contributed by atoms with Gasteiger partial charge in [-0.3, -0.25) is 30.0 Å². The van der Waals surface area contributed by atoms with Crippen molar-refractivity contribution in [2.45, 2.75) is 25.4 Å². The molecule has 0 aromatic carbocycles. The summed E-state index contributed by atoms with van der Waals surface area (Å²) in [6.07, 6.45) is 3.09. The first-order valence-electron chi connectivity index (χ1n) is 9.00. The fourth-order valence-electron chi connectivity index (χ4n) is 2.77. The Labute approximate surface area is 198 Å². The molecule has 0 spiro atoms. The minimum Gasteiger partial charge on any atom is -0.342 e. The van der Waals surface area contributed by atoms with Crippen LogP contribution >= 0.6 is 0 Å². The third kappa shape index (κ3) is 4.95. The van der Waals surface area contributed by atoms with Crippen LogP contribution in [0.5, 0.6) is 0 Å². The summed E-state index contributed by atoms with van der Waals surface area (Å²) >= 11 is 0. The van der Waals surface area contributed by atoms with E-state index in [2.05, 4.69) is 42.3 Å². The quantitative estimate of drug-likeness (QED) is 0.192. The number of alkyl halides is 3. The van der Waals surface area contributed by atoms with Gasteiger partial charge in [0.05, 0.1) is 28.3 Å². The number of aromatic nitrogens is 7. The second kappa shape index (κ2) is 9.01. The molecule has 0 aliphatic rings. The molecular formula is C20H12F5N7Pt. The molecule has 0 aliphatic carbocycles. The molecule has 7 nitrogen and oxygen atoms in total. The topological polar surface area (TPSA) is 82.3 Å². The standard InChI is InChI=1S/C20H12F5N7.Pt/c1-19(2,14-8-26-7-12(28-14)11-3-4-16(21)30-18(11)22)15-9-27-10-17(29-15)32-6-5-13(31-32)20(23,24)25;/h4-5,7-10H,1-2H3;/q-2;+2. The van der Waals surface area contributed by atoms with E-state index >= 15 is 0 Å². The van der Waals surface area contributed by atoms with Crippen LogP contribution in [0.3, 0.4) is 0 Å². The summed E-state index contributed by atoms with van der Waals surface area (Å²) in [4.78, 5) is 19.9. The Hall–Kier alpha value is -3.14. The molecule has 4 aromatic rings. The Bertz CT molecular complexity index is 1290. The molecule has 172 valence electrons. The van der Waals surface area contributed by atoms with Gasteiger partial charge in [-0.2, -0.15) is 13.2 Å². The van der Waals surface area contributed by atoms with Crippen molar-refractivity contribution in [3.05, 3.63) is 78.2 Å². The monoisotopic (exact) mass is 640 g/mol. The predicted octanol–water partition coefficient (Wildman–Crippen LogP) is 3.74. The molecule has 0 N–H and O–H groups in total. The Kier molecular flexibility index (Phi) is 6.69. The fourth-order valence-corrected chi connectivity index (χ4v) is 2.77. The smallest absolute Gasteiger partial charge is 0.342 e. The molecule has 13 heteroatoms. The molecule has 0 fully saturated rings. The van der Waals surface area contributed by atoms with Gasteiger partial charge >= 0.3 is 27.2 Å². The minimum absolute atomic E-state index is 0. The number of hydrogen-bond donors (Lipinski definition) is 0. The van der Waals surface area contributed by atoms with Crippen molar-refractivity contribution in [2.24, 2.45) is 0 Å². The van der Waals surface area contributed by atoms with E-state index in [0.29, 0.717) is 17.5 Å². The zero-order valence-electron chi connectivity index (χ0n) is 16.8. The van der Waals surface area contributed by atoms with Crippen molar-refractivity contribution in [2.75, 3.05) is 0 Å². The second-order valence-corrected chi connectivity index (χ2v) is 7.13. The molecule has 4 heterocycles. The first-order valence-corrected chi connectivity index (χ1v) is 9.00. The maximum Gasteiger partial charge on any atom is 2.00 e. The maximum absolute atomic E-state index is 14.0. The third-order valence-electron chi connectivity index (χ3n) is 4.58. The summed E-state index contributed by atoms with van der Waals surface area (Å²) in [6.45, 7) is 3.46. The normalized spacial score (nSPS) is 11.8. The maximum atomic E-state index is 14.0. The molecule has 0 saturated carbocycles. The molecule has 0 saturated heterocycles. The molecule has 4 aromatic heterocycles. The zero-order valence-corrected chi connectivity index (χ0v) is 19.1. The van der Waals surface area contributed by atoms with Crippen molar-refractivity contribution >= 4 is 0 Å². The molecular weight excluding hydrogens is 628 g/mol. The number of pyridine rings is 1. The summed E-state index contributed by atoms with van der Waals surface area (Å²) in [5, 5.41) is 3.44. The van der Waals surface area contributed by atoms with Gasteiger partial charge < -0.3 is 4.68 Å². The van der Waals surface area contributed by atoms with Crippen molar-refractivity contribution in [1.82, 2.24) is 34.7 Å². The van der Waals surface area contributed by atoms with E-state index in [1.54, 1.807) is 13.8 Å². The molecule has 0 amide bonds. The summed E-state index contributed by atoms with van der Waals surface area (Å²) in [6, 6.07) is 4.02. The number of halogens is 5. The SMILES string of the molecule is CC(C)(c1cncc(-c2[c-]cc(F)nc2F)n1)c1cncc(-n2[c-]cc(C(F)(F)F)n2)n1.[Pt+2]. The van der Waals surface area contributed by atoms with Crippen LogP contribution in [0, 0.1) is 24.2 Å². The van der Waals surface area contributed by atoms with Gasteiger partial charge in [-0.1, -0.05) is 17.8 Å². The van der Waals surface area contributed by atoms with E-state index in [-0.39, 0.29) is 38.1 Å². The predicted molar refractivity (Wildman–Crippen MR) is 99.1 cm³/mol. The minimum atomic E-state index is -4.62. The van der Waals surface area contributed by atoms with Crippen LogP contribution in [0.15, 0.2) is 36.9 Å². The van der Waals surface area contributed by atoms with Gasteiger partial charge in [-0.15, -0.1) is 12.1 Å². The van der Waals surface area contributed by atoms with E-state index in [1.807, 2.05) is 0 Å². The number of hydrogen-bond acceptors (Lipinski definition) is 6. The Balaban J connectivity index is 0.00000306. The van der Waals surface area contributed by atoms with E-state index in [1.165, 1.54) is 24.8 Å². The van der Waals surface area contributed by atoms with Gasteiger partial charge in [0.25, 0.3) is 0 Å². The molecule has 0 unspecified atom stereocenters. The van der Waals surface area contributed by atoms with Crippen molar-refractivity contribution in [3.8, 4) is 17.1 Å². The van der Waals surface area contributed by atoms with Crippen LogP contribution in [-0.2, 0) is 32.7 Å². The largest absolute Gasteiger partial charge is 2.00 e. The Morgan fingerprint density at radius 3 is 2.15 bits per heavy atom. The molecule has 4 rings (SSSR count). The fraction of sp³-hybridized carbons (Fsp3) is 0.200. The Morgan fingerprint density at radius 2 is 1.52 bits per heavy atom. The van der Waals surface area contributed by atoms with Gasteiger partial charge in [0, 0.05) is 30.5 Å². The van der Waals surface area contributed by atoms with Crippen LogP contribution in [0.25, 0.3) is 17.1 Å².